The number of hydrogen-bond donors (Lipinski definition) is 3. The lowest BCUT2D eigenvalue weighted by atomic mass is 10.1. The third-order valence-corrected chi connectivity index (χ3v) is 3.46. The predicted molar refractivity (Wildman–Crippen MR) is 74.6 cm³/mol. The number of carbonyl (C=O) groups is 1. The number of likely N-dealkylation sites (tertiary alicyclic amines) is 1. The molecule has 1 fully saturated rings. The van der Waals surface area contributed by atoms with Gasteiger partial charge < -0.3 is 16.2 Å². The summed E-state index contributed by atoms with van der Waals surface area (Å²) in [7, 11) is 0. The van der Waals surface area contributed by atoms with Crippen LogP contribution in [0.1, 0.15) is 18.4 Å². The lowest BCUT2D eigenvalue weighted by molar-refractivity contribution is -0.117. The minimum Gasteiger partial charge on any atom is -0.392 e. The van der Waals surface area contributed by atoms with Crippen molar-refractivity contribution in [2.45, 2.75) is 25.5 Å². The first-order valence-electron chi connectivity index (χ1n) is 6.65. The molecule has 19 heavy (non-hydrogen) atoms. The average molecular weight is 263 g/mol. The number of benzene rings is 1. The molecule has 0 bridgehead atoms. The Labute approximate surface area is 113 Å². The van der Waals surface area contributed by atoms with E-state index in [0.717, 1.165) is 31.5 Å². The summed E-state index contributed by atoms with van der Waals surface area (Å²) < 4.78 is 0. The number of nitrogens with one attached hydrogen (secondary N) is 1. The summed E-state index contributed by atoms with van der Waals surface area (Å²) in [6, 6.07) is 7.56. The first-order valence-corrected chi connectivity index (χ1v) is 6.65. The lowest BCUT2D eigenvalue weighted by Gasteiger charge is -2.29. The van der Waals surface area contributed by atoms with Crippen molar-refractivity contribution in [1.29, 1.82) is 0 Å². The lowest BCUT2D eigenvalue weighted by Crippen LogP contribution is -2.43. The minimum atomic E-state index is -0.0744. The topological polar surface area (TPSA) is 78.6 Å². The van der Waals surface area contributed by atoms with Crippen LogP contribution in [0.4, 0.5) is 5.69 Å². The highest BCUT2D eigenvalue weighted by Crippen LogP contribution is 2.15. The minimum absolute atomic E-state index is 0.0450. The van der Waals surface area contributed by atoms with Crippen molar-refractivity contribution in [3.05, 3.63) is 29.8 Å². The van der Waals surface area contributed by atoms with Crippen molar-refractivity contribution < 1.29 is 9.90 Å². The van der Waals surface area contributed by atoms with Gasteiger partial charge in [0.15, 0.2) is 0 Å². The molecule has 0 aromatic heterocycles. The highest BCUT2D eigenvalue weighted by atomic mass is 16.3. The van der Waals surface area contributed by atoms with Crippen LogP contribution in [0.25, 0.3) is 0 Å². The number of aliphatic hydroxyl groups excluding tert-OH is 1. The Bertz CT molecular complexity index is 428. The molecular formula is C14H21N3O2. The van der Waals surface area contributed by atoms with E-state index in [0.29, 0.717) is 12.2 Å². The summed E-state index contributed by atoms with van der Waals surface area (Å²) in [6.45, 7) is 2.05. The van der Waals surface area contributed by atoms with Crippen molar-refractivity contribution in [2.24, 2.45) is 5.73 Å². The van der Waals surface area contributed by atoms with Crippen molar-refractivity contribution in [1.82, 2.24) is 4.90 Å². The number of rotatable bonds is 4. The maximum atomic E-state index is 12.0. The molecule has 5 heteroatoms. The fourth-order valence-corrected chi connectivity index (χ4v) is 2.28. The molecule has 1 heterocycles. The number of para-hydroxylation sites is 1. The predicted octanol–water partition coefficient (Wildman–Crippen LogP) is 0.540. The molecule has 1 amide bonds. The third kappa shape index (κ3) is 4.02. The van der Waals surface area contributed by atoms with Gasteiger partial charge in [-0.05, 0) is 18.9 Å². The average Bonchev–Trinajstić information content (AvgIpc) is 2.42. The smallest absolute Gasteiger partial charge is 0.238 e. The van der Waals surface area contributed by atoms with Crippen LogP contribution in [-0.2, 0) is 11.4 Å². The summed E-state index contributed by atoms with van der Waals surface area (Å²) in [5.41, 5.74) is 7.25. The fraction of sp³-hybridized carbons (Fsp3) is 0.500. The Morgan fingerprint density at radius 2 is 2.05 bits per heavy atom. The van der Waals surface area contributed by atoms with E-state index in [4.69, 9.17) is 5.73 Å². The number of piperidine rings is 1. The summed E-state index contributed by atoms with van der Waals surface area (Å²) in [6.07, 6.45) is 1.89. The molecule has 104 valence electrons. The van der Waals surface area contributed by atoms with Crippen LogP contribution in [0.15, 0.2) is 24.3 Å². The molecule has 5 nitrogen and oxygen atoms in total. The van der Waals surface area contributed by atoms with E-state index < -0.39 is 0 Å². The van der Waals surface area contributed by atoms with Gasteiger partial charge in [-0.3, -0.25) is 9.69 Å². The van der Waals surface area contributed by atoms with Crippen molar-refractivity contribution in [3.8, 4) is 0 Å². The van der Waals surface area contributed by atoms with Gasteiger partial charge in [-0.1, -0.05) is 18.2 Å². The Balaban J connectivity index is 1.87. The maximum Gasteiger partial charge on any atom is 0.238 e. The number of aliphatic hydroxyl groups is 1. The monoisotopic (exact) mass is 263 g/mol. The van der Waals surface area contributed by atoms with E-state index in [1.807, 2.05) is 12.1 Å². The Morgan fingerprint density at radius 1 is 1.37 bits per heavy atom. The number of carbonyl (C=O) groups excluding carboxylic acids is 1. The molecule has 1 aromatic carbocycles. The molecule has 0 spiro atoms. The maximum absolute atomic E-state index is 12.0. The van der Waals surface area contributed by atoms with Gasteiger partial charge >= 0.3 is 0 Å². The second-order valence-electron chi connectivity index (χ2n) is 4.98. The van der Waals surface area contributed by atoms with Gasteiger partial charge in [0.1, 0.15) is 0 Å². The largest absolute Gasteiger partial charge is 0.392 e. The van der Waals surface area contributed by atoms with Gasteiger partial charge in [0, 0.05) is 30.4 Å². The quantitative estimate of drug-likeness (QED) is 0.741. The van der Waals surface area contributed by atoms with E-state index in [1.54, 1.807) is 12.1 Å². The van der Waals surface area contributed by atoms with E-state index in [2.05, 4.69) is 10.2 Å². The molecule has 1 aliphatic rings. The van der Waals surface area contributed by atoms with Gasteiger partial charge in [-0.15, -0.1) is 0 Å². The van der Waals surface area contributed by atoms with Crippen LogP contribution in [0.3, 0.4) is 0 Å². The van der Waals surface area contributed by atoms with Gasteiger partial charge in [-0.25, -0.2) is 0 Å². The first-order chi connectivity index (χ1) is 9.19. The molecule has 2 rings (SSSR count). The molecule has 1 aliphatic heterocycles. The Hall–Kier alpha value is -1.43. The van der Waals surface area contributed by atoms with Crippen molar-refractivity contribution in [3.63, 3.8) is 0 Å². The molecule has 1 aromatic rings. The molecule has 0 saturated carbocycles. The molecule has 0 unspecified atom stereocenters. The van der Waals surface area contributed by atoms with E-state index >= 15 is 0 Å². The second-order valence-corrected chi connectivity index (χ2v) is 4.98. The Kier molecular flexibility index (Phi) is 4.90. The summed E-state index contributed by atoms with van der Waals surface area (Å²) in [5, 5.41) is 12.1. The third-order valence-electron chi connectivity index (χ3n) is 3.46. The second kappa shape index (κ2) is 6.65. The zero-order valence-corrected chi connectivity index (χ0v) is 11.0. The summed E-state index contributed by atoms with van der Waals surface area (Å²) in [5.74, 6) is -0.0450. The van der Waals surface area contributed by atoms with Crippen LogP contribution in [0.5, 0.6) is 0 Å². The molecule has 0 atom stereocenters. The normalized spacial score (nSPS) is 17.4. The molecule has 1 saturated heterocycles. The molecular weight excluding hydrogens is 242 g/mol. The highest BCUT2D eigenvalue weighted by Gasteiger charge is 2.18. The summed E-state index contributed by atoms with van der Waals surface area (Å²) in [4.78, 5) is 14.1. The van der Waals surface area contributed by atoms with Crippen LogP contribution in [0.2, 0.25) is 0 Å². The van der Waals surface area contributed by atoms with E-state index in [9.17, 15) is 9.90 Å². The number of nitrogens with zero attached hydrogens (tertiary/aromatic N) is 1. The van der Waals surface area contributed by atoms with Crippen molar-refractivity contribution >= 4 is 11.6 Å². The first kappa shape index (κ1) is 14.0. The van der Waals surface area contributed by atoms with Crippen LogP contribution in [0, 0.1) is 0 Å². The molecule has 0 aliphatic carbocycles. The van der Waals surface area contributed by atoms with Crippen LogP contribution in [-0.4, -0.2) is 41.6 Å². The number of amides is 1. The Morgan fingerprint density at radius 3 is 2.74 bits per heavy atom. The van der Waals surface area contributed by atoms with Gasteiger partial charge in [0.2, 0.25) is 5.91 Å². The van der Waals surface area contributed by atoms with Crippen LogP contribution >= 0.6 is 0 Å². The molecule has 4 N–H and O–H groups in total. The van der Waals surface area contributed by atoms with Crippen LogP contribution < -0.4 is 11.1 Å². The van der Waals surface area contributed by atoms with Gasteiger partial charge in [0.05, 0.1) is 13.2 Å². The van der Waals surface area contributed by atoms with Gasteiger partial charge in [0.25, 0.3) is 0 Å². The number of nitrogens with two attached hydrogens (primary N) is 1. The zero-order valence-electron chi connectivity index (χ0n) is 11.0. The van der Waals surface area contributed by atoms with E-state index in [-0.39, 0.29) is 18.6 Å². The van der Waals surface area contributed by atoms with E-state index in [1.165, 1.54) is 0 Å². The van der Waals surface area contributed by atoms with Crippen molar-refractivity contribution in [2.75, 3.05) is 25.0 Å². The zero-order chi connectivity index (χ0) is 13.7. The fourth-order valence-electron chi connectivity index (χ4n) is 2.28. The SMILES string of the molecule is NC1CCN(CC(=O)Nc2ccccc2CO)CC1. The van der Waals surface area contributed by atoms with Gasteiger partial charge in [-0.2, -0.15) is 0 Å². The highest BCUT2D eigenvalue weighted by molar-refractivity contribution is 5.92. The number of anilines is 1. The standard InChI is InChI=1S/C14H21N3O2/c15-12-5-7-17(8-6-12)9-14(19)16-13-4-2-1-3-11(13)10-18/h1-4,12,18H,5-10,15H2,(H,16,19). The summed E-state index contributed by atoms with van der Waals surface area (Å²) >= 11 is 0. The molecule has 0 radical (unpaired) electrons. The number of hydrogen-bond acceptors (Lipinski definition) is 4.